The molecule has 8 nitrogen and oxygen atoms in total. The van der Waals surface area contributed by atoms with Crippen molar-refractivity contribution in [3.8, 4) is 11.5 Å². The highest BCUT2D eigenvalue weighted by molar-refractivity contribution is 9.10. The number of aromatic nitrogens is 3. The summed E-state index contributed by atoms with van der Waals surface area (Å²) >= 11 is 11.1. The van der Waals surface area contributed by atoms with Crippen molar-refractivity contribution in [2.75, 3.05) is 19.0 Å². The molecule has 0 aliphatic carbocycles. The number of anilines is 1. The van der Waals surface area contributed by atoms with Crippen molar-refractivity contribution in [1.29, 1.82) is 0 Å². The SMILES string of the molecule is CCOc1cc(C2C(C(=O)OC)=C(C)Nc3nc(SCc4ccccc4Cl)nn32)cc(Br)c1O. The van der Waals surface area contributed by atoms with Crippen LogP contribution in [0.3, 0.4) is 0 Å². The van der Waals surface area contributed by atoms with E-state index in [-0.39, 0.29) is 5.75 Å². The molecule has 178 valence electrons. The molecule has 0 saturated heterocycles. The Bertz CT molecular complexity index is 1280. The van der Waals surface area contributed by atoms with Crippen LogP contribution in [-0.2, 0) is 15.3 Å². The quantitative estimate of drug-likeness (QED) is 0.284. The highest BCUT2D eigenvalue weighted by Gasteiger charge is 2.36. The number of esters is 1. The summed E-state index contributed by atoms with van der Waals surface area (Å²) in [4.78, 5) is 17.4. The van der Waals surface area contributed by atoms with E-state index in [4.69, 9.17) is 21.1 Å². The van der Waals surface area contributed by atoms with E-state index in [1.165, 1.54) is 18.9 Å². The van der Waals surface area contributed by atoms with Crippen LogP contribution in [0, 0.1) is 0 Å². The molecular weight excluding hydrogens is 544 g/mol. The number of benzene rings is 2. The zero-order chi connectivity index (χ0) is 24.4. The highest BCUT2D eigenvalue weighted by atomic mass is 79.9. The van der Waals surface area contributed by atoms with Crippen LogP contribution in [0.4, 0.5) is 5.95 Å². The van der Waals surface area contributed by atoms with E-state index >= 15 is 0 Å². The standard InChI is InChI=1S/C23H22BrClN4O4S/c1-4-33-17-10-14(9-15(24)20(17)30)19-18(21(31)32-3)12(2)26-22-27-23(28-29(19)22)34-11-13-7-5-6-8-16(13)25/h5-10,19,30H,4,11H2,1-3H3,(H,26,27,28). The van der Waals surface area contributed by atoms with Crippen molar-refractivity contribution in [3.63, 3.8) is 0 Å². The van der Waals surface area contributed by atoms with Crippen molar-refractivity contribution in [1.82, 2.24) is 14.8 Å². The number of fused-ring (bicyclic) bond motifs is 1. The van der Waals surface area contributed by atoms with Crippen LogP contribution < -0.4 is 10.1 Å². The summed E-state index contributed by atoms with van der Waals surface area (Å²) in [6.07, 6.45) is 0. The molecule has 0 radical (unpaired) electrons. The molecule has 4 rings (SSSR count). The lowest BCUT2D eigenvalue weighted by Crippen LogP contribution is -2.29. The van der Waals surface area contributed by atoms with E-state index < -0.39 is 12.0 Å². The topological polar surface area (TPSA) is 98.5 Å². The van der Waals surface area contributed by atoms with Crippen LogP contribution in [0.25, 0.3) is 0 Å². The van der Waals surface area contributed by atoms with E-state index in [0.29, 0.717) is 55.5 Å². The van der Waals surface area contributed by atoms with Crippen molar-refractivity contribution in [3.05, 3.63) is 68.3 Å². The number of nitrogens with one attached hydrogen (secondary N) is 1. The first-order chi connectivity index (χ1) is 16.3. The third-order valence-corrected chi connectivity index (χ3v) is 7.08. The van der Waals surface area contributed by atoms with Crippen molar-refractivity contribution in [2.45, 2.75) is 30.8 Å². The molecule has 11 heteroatoms. The minimum absolute atomic E-state index is 0.0188. The van der Waals surface area contributed by atoms with E-state index in [0.717, 1.165) is 5.56 Å². The lowest BCUT2D eigenvalue weighted by molar-refractivity contribution is -0.136. The molecule has 2 N–H and O–H groups in total. The van der Waals surface area contributed by atoms with E-state index in [2.05, 4.69) is 31.3 Å². The minimum atomic E-state index is -0.651. The Balaban J connectivity index is 1.77. The number of nitrogens with zero attached hydrogens (tertiary/aromatic N) is 3. The summed E-state index contributed by atoms with van der Waals surface area (Å²) in [5.74, 6) is 0.850. The molecule has 0 saturated carbocycles. The summed E-state index contributed by atoms with van der Waals surface area (Å²) in [5, 5.41) is 19.4. The molecule has 1 aliphatic heterocycles. The summed E-state index contributed by atoms with van der Waals surface area (Å²) in [7, 11) is 1.33. The Labute approximate surface area is 214 Å². The zero-order valence-corrected chi connectivity index (χ0v) is 21.8. The smallest absolute Gasteiger partial charge is 0.338 e. The van der Waals surface area contributed by atoms with Gasteiger partial charge in [-0.3, -0.25) is 0 Å². The van der Waals surface area contributed by atoms with Crippen LogP contribution in [0.1, 0.15) is 31.0 Å². The maximum absolute atomic E-state index is 12.8. The summed E-state index contributed by atoms with van der Waals surface area (Å²) in [6.45, 7) is 3.98. The highest BCUT2D eigenvalue weighted by Crippen LogP contribution is 2.42. The number of thioether (sulfide) groups is 1. The van der Waals surface area contributed by atoms with Gasteiger partial charge in [-0.15, -0.1) is 5.10 Å². The monoisotopic (exact) mass is 564 g/mol. The summed E-state index contributed by atoms with van der Waals surface area (Å²) in [5.41, 5.74) is 2.62. The maximum Gasteiger partial charge on any atom is 0.338 e. The number of ether oxygens (including phenoxy) is 2. The number of halogens is 2. The predicted octanol–water partition coefficient (Wildman–Crippen LogP) is 5.55. The van der Waals surface area contributed by atoms with E-state index in [1.807, 2.05) is 31.2 Å². The molecule has 2 aromatic carbocycles. The molecule has 1 unspecified atom stereocenters. The summed E-state index contributed by atoms with van der Waals surface area (Å²) < 4.78 is 12.7. The Hall–Kier alpha value is -2.69. The first-order valence-electron chi connectivity index (χ1n) is 10.4. The second-order valence-corrected chi connectivity index (χ2v) is 9.59. The Kier molecular flexibility index (Phi) is 7.39. The number of carbonyl (C=O) groups is 1. The van der Waals surface area contributed by atoms with Gasteiger partial charge in [0, 0.05) is 16.5 Å². The average Bonchev–Trinajstić information content (AvgIpc) is 3.22. The average molecular weight is 566 g/mol. The number of hydrogen-bond donors (Lipinski definition) is 2. The number of phenols is 1. The molecule has 1 aromatic heterocycles. The Morgan fingerprint density at radius 3 is 2.82 bits per heavy atom. The molecule has 0 spiro atoms. The number of methoxy groups -OCH3 is 1. The first kappa shape index (κ1) is 24.4. The predicted molar refractivity (Wildman–Crippen MR) is 134 cm³/mol. The van der Waals surface area contributed by atoms with Gasteiger partial charge in [-0.05, 0) is 59.1 Å². The van der Waals surface area contributed by atoms with Gasteiger partial charge in [0.1, 0.15) is 6.04 Å². The van der Waals surface area contributed by atoms with Gasteiger partial charge in [-0.1, -0.05) is 41.6 Å². The van der Waals surface area contributed by atoms with Gasteiger partial charge in [-0.25, -0.2) is 9.48 Å². The van der Waals surface area contributed by atoms with Crippen LogP contribution in [0.15, 0.2) is 57.3 Å². The second kappa shape index (κ2) is 10.3. The largest absolute Gasteiger partial charge is 0.503 e. The molecule has 0 bridgehead atoms. The van der Waals surface area contributed by atoms with E-state index in [9.17, 15) is 9.90 Å². The van der Waals surface area contributed by atoms with Gasteiger partial charge < -0.3 is 19.9 Å². The lowest BCUT2D eigenvalue weighted by Gasteiger charge is -2.28. The minimum Gasteiger partial charge on any atom is -0.503 e. The van der Waals surface area contributed by atoms with Gasteiger partial charge in [0.25, 0.3) is 0 Å². The maximum atomic E-state index is 12.8. The number of hydrogen-bond acceptors (Lipinski definition) is 8. The molecule has 2 heterocycles. The van der Waals surface area contributed by atoms with Gasteiger partial charge in [0.15, 0.2) is 11.5 Å². The Morgan fingerprint density at radius 1 is 1.35 bits per heavy atom. The van der Waals surface area contributed by atoms with Crippen molar-refractivity contribution in [2.24, 2.45) is 0 Å². The second-order valence-electron chi connectivity index (χ2n) is 7.38. The van der Waals surface area contributed by atoms with Crippen molar-refractivity contribution < 1.29 is 19.4 Å². The third-order valence-electron chi connectivity index (χ3n) is 5.22. The van der Waals surface area contributed by atoms with Gasteiger partial charge in [-0.2, -0.15) is 4.98 Å². The number of phenolic OH excluding ortho intramolecular Hbond substituents is 1. The van der Waals surface area contributed by atoms with Crippen LogP contribution >= 0.6 is 39.3 Å². The number of carbonyl (C=O) groups excluding carboxylic acids is 1. The molecule has 3 aromatic rings. The fourth-order valence-electron chi connectivity index (χ4n) is 3.65. The Morgan fingerprint density at radius 2 is 2.12 bits per heavy atom. The summed E-state index contributed by atoms with van der Waals surface area (Å²) in [6, 6.07) is 10.4. The fourth-order valence-corrected chi connectivity index (χ4v) is 5.22. The van der Waals surface area contributed by atoms with Gasteiger partial charge in [0.05, 0.1) is 23.8 Å². The molecule has 0 fully saturated rings. The molecular formula is C23H22BrClN4O4S. The molecule has 34 heavy (non-hydrogen) atoms. The number of aromatic hydroxyl groups is 1. The van der Waals surface area contributed by atoms with Gasteiger partial charge in [0.2, 0.25) is 11.1 Å². The van der Waals surface area contributed by atoms with Crippen LogP contribution in [0.2, 0.25) is 5.02 Å². The van der Waals surface area contributed by atoms with Crippen molar-refractivity contribution >= 4 is 51.2 Å². The lowest BCUT2D eigenvalue weighted by atomic mass is 9.95. The zero-order valence-electron chi connectivity index (χ0n) is 18.6. The fraction of sp³-hybridized carbons (Fsp3) is 0.261. The molecule has 0 amide bonds. The number of allylic oxidation sites excluding steroid dienone is 1. The van der Waals surface area contributed by atoms with E-state index in [1.54, 1.807) is 23.7 Å². The van der Waals surface area contributed by atoms with Crippen LogP contribution in [-0.4, -0.2) is 39.6 Å². The first-order valence-corrected chi connectivity index (χ1v) is 12.5. The third kappa shape index (κ3) is 4.75. The normalized spacial score (nSPS) is 15.0. The molecule has 1 aliphatic rings. The number of rotatable bonds is 7. The molecule has 1 atom stereocenters. The van der Waals surface area contributed by atoms with Gasteiger partial charge >= 0.3 is 5.97 Å². The van der Waals surface area contributed by atoms with Crippen LogP contribution in [0.5, 0.6) is 11.5 Å².